The summed E-state index contributed by atoms with van der Waals surface area (Å²) in [4.78, 5) is 37.6. The minimum atomic E-state index is -0.810. The predicted molar refractivity (Wildman–Crippen MR) is 128 cm³/mol. The van der Waals surface area contributed by atoms with Crippen LogP contribution in [0.25, 0.3) is 11.1 Å². The van der Waals surface area contributed by atoms with Crippen molar-refractivity contribution >= 4 is 18.0 Å². The van der Waals surface area contributed by atoms with Gasteiger partial charge in [0.25, 0.3) is 0 Å². The molecule has 0 aromatic heterocycles. The van der Waals surface area contributed by atoms with E-state index >= 15 is 0 Å². The van der Waals surface area contributed by atoms with Crippen LogP contribution in [0.3, 0.4) is 0 Å². The van der Waals surface area contributed by atoms with Crippen molar-refractivity contribution in [1.82, 2.24) is 10.2 Å². The molecular formula is C27H32N2O5. The van der Waals surface area contributed by atoms with E-state index in [1.54, 1.807) is 4.90 Å². The number of benzene rings is 2. The van der Waals surface area contributed by atoms with Crippen LogP contribution in [0.1, 0.15) is 56.1 Å². The molecule has 2 aromatic rings. The van der Waals surface area contributed by atoms with Crippen LogP contribution < -0.4 is 5.32 Å². The third-order valence-corrected chi connectivity index (χ3v) is 6.92. The fraction of sp³-hybridized carbons (Fsp3) is 0.444. The molecule has 4 rings (SSSR count). The van der Waals surface area contributed by atoms with E-state index in [0.717, 1.165) is 0 Å². The van der Waals surface area contributed by atoms with Crippen molar-refractivity contribution in [3.8, 4) is 11.1 Å². The summed E-state index contributed by atoms with van der Waals surface area (Å²) >= 11 is 0. The van der Waals surface area contributed by atoms with E-state index in [1.165, 1.54) is 22.3 Å². The number of carbonyl (C=O) groups excluding carboxylic acids is 2. The first kappa shape index (κ1) is 23.8. The number of carboxylic acids is 1. The van der Waals surface area contributed by atoms with E-state index in [0.29, 0.717) is 38.8 Å². The average molecular weight is 465 g/mol. The average Bonchev–Trinajstić information content (AvgIpc) is 3.13. The van der Waals surface area contributed by atoms with Crippen LogP contribution in [0.5, 0.6) is 0 Å². The highest BCUT2D eigenvalue weighted by Gasteiger charge is 2.38. The number of fused-ring (bicyclic) bond motifs is 3. The quantitative estimate of drug-likeness (QED) is 0.508. The molecule has 0 saturated heterocycles. The van der Waals surface area contributed by atoms with Gasteiger partial charge in [0.1, 0.15) is 6.61 Å². The summed E-state index contributed by atoms with van der Waals surface area (Å²) in [6, 6.07) is 16.4. The second-order valence-corrected chi connectivity index (χ2v) is 9.10. The Kier molecular flexibility index (Phi) is 7.50. The normalized spacial score (nSPS) is 18.4. The van der Waals surface area contributed by atoms with Gasteiger partial charge in [0, 0.05) is 37.4 Å². The van der Waals surface area contributed by atoms with E-state index < -0.39 is 12.1 Å². The van der Waals surface area contributed by atoms with Crippen molar-refractivity contribution in [3.05, 3.63) is 59.7 Å². The number of alkyl carbamates (subject to hydrolysis) is 1. The lowest BCUT2D eigenvalue weighted by molar-refractivity contribution is -0.138. The zero-order valence-electron chi connectivity index (χ0n) is 19.5. The van der Waals surface area contributed by atoms with Crippen molar-refractivity contribution in [1.29, 1.82) is 0 Å². The Balaban J connectivity index is 1.22. The van der Waals surface area contributed by atoms with Gasteiger partial charge >= 0.3 is 12.1 Å². The Labute approximate surface area is 200 Å². The number of nitrogens with zero attached hydrogens (tertiary/aromatic N) is 1. The highest BCUT2D eigenvalue weighted by atomic mass is 16.5. The second kappa shape index (κ2) is 10.7. The molecule has 1 fully saturated rings. The van der Waals surface area contributed by atoms with Gasteiger partial charge in [-0.1, -0.05) is 48.5 Å². The number of hydrogen-bond donors (Lipinski definition) is 2. The van der Waals surface area contributed by atoms with Gasteiger partial charge in [-0.2, -0.15) is 0 Å². The van der Waals surface area contributed by atoms with Crippen LogP contribution in [0.4, 0.5) is 4.79 Å². The third-order valence-electron chi connectivity index (χ3n) is 6.92. The van der Waals surface area contributed by atoms with Crippen molar-refractivity contribution < 1.29 is 24.2 Å². The summed E-state index contributed by atoms with van der Waals surface area (Å²) in [5, 5.41) is 11.6. The largest absolute Gasteiger partial charge is 0.481 e. The lowest BCUT2D eigenvalue weighted by atomic mass is 9.79. The molecule has 1 saturated carbocycles. The molecule has 0 heterocycles. The third kappa shape index (κ3) is 5.24. The molecule has 180 valence electrons. The Morgan fingerprint density at radius 3 is 2.21 bits per heavy atom. The summed E-state index contributed by atoms with van der Waals surface area (Å²) in [6.45, 7) is 3.38. The predicted octanol–water partition coefficient (Wildman–Crippen LogP) is 4.41. The molecule has 0 radical (unpaired) electrons. The fourth-order valence-electron chi connectivity index (χ4n) is 5.01. The van der Waals surface area contributed by atoms with Crippen molar-refractivity contribution in [2.45, 2.75) is 51.0 Å². The Morgan fingerprint density at radius 1 is 1.00 bits per heavy atom. The van der Waals surface area contributed by atoms with Crippen LogP contribution >= 0.6 is 0 Å². The number of carboxylic acid groups (broad SMARTS) is 1. The minimum absolute atomic E-state index is 0.0214. The van der Waals surface area contributed by atoms with Crippen molar-refractivity contribution in [3.63, 3.8) is 0 Å². The van der Waals surface area contributed by atoms with Gasteiger partial charge < -0.3 is 20.1 Å². The molecule has 0 aliphatic heterocycles. The Bertz CT molecular complexity index is 1000. The first-order chi connectivity index (χ1) is 16.5. The van der Waals surface area contributed by atoms with Crippen LogP contribution in [-0.4, -0.2) is 53.7 Å². The van der Waals surface area contributed by atoms with Gasteiger partial charge in [0.05, 0.1) is 0 Å². The SMILES string of the molecule is CCN(CCCCC(=O)O)C(=O)C1CC(NC(=O)OCC2c3ccccc3-c3ccccc32)C1. The molecule has 2 aromatic carbocycles. The zero-order valence-corrected chi connectivity index (χ0v) is 19.5. The smallest absolute Gasteiger partial charge is 0.407 e. The number of carbonyl (C=O) groups is 3. The Hall–Kier alpha value is -3.35. The first-order valence-electron chi connectivity index (χ1n) is 12.1. The van der Waals surface area contributed by atoms with Crippen LogP contribution in [-0.2, 0) is 14.3 Å². The fourth-order valence-corrected chi connectivity index (χ4v) is 5.01. The second-order valence-electron chi connectivity index (χ2n) is 9.10. The van der Waals surface area contributed by atoms with Crippen molar-refractivity contribution in [2.24, 2.45) is 5.92 Å². The molecular weight excluding hydrogens is 432 g/mol. The van der Waals surface area contributed by atoms with Gasteiger partial charge in [-0.3, -0.25) is 9.59 Å². The molecule has 7 heteroatoms. The topological polar surface area (TPSA) is 95.9 Å². The molecule has 7 nitrogen and oxygen atoms in total. The number of hydrogen-bond acceptors (Lipinski definition) is 4. The number of aliphatic carboxylic acids is 1. The van der Waals surface area contributed by atoms with E-state index in [9.17, 15) is 14.4 Å². The first-order valence-corrected chi connectivity index (χ1v) is 12.1. The van der Waals surface area contributed by atoms with E-state index in [-0.39, 0.29) is 36.8 Å². The maximum atomic E-state index is 12.7. The molecule has 0 spiro atoms. The zero-order chi connectivity index (χ0) is 24.1. The molecule has 2 aliphatic rings. The molecule has 2 N–H and O–H groups in total. The van der Waals surface area contributed by atoms with Gasteiger partial charge in [0.2, 0.25) is 5.91 Å². The number of rotatable bonds is 10. The number of amides is 2. The van der Waals surface area contributed by atoms with Crippen LogP contribution in [0.2, 0.25) is 0 Å². The molecule has 2 amide bonds. The van der Waals surface area contributed by atoms with Crippen LogP contribution in [0, 0.1) is 5.92 Å². The number of ether oxygens (including phenoxy) is 1. The van der Waals surface area contributed by atoms with E-state index in [2.05, 4.69) is 29.6 Å². The summed E-state index contributed by atoms with van der Waals surface area (Å²) in [5.74, 6) is -0.801. The summed E-state index contributed by atoms with van der Waals surface area (Å²) in [6.07, 6.45) is 2.14. The summed E-state index contributed by atoms with van der Waals surface area (Å²) in [5.41, 5.74) is 4.73. The monoisotopic (exact) mass is 464 g/mol. The lowest BCUT2D eigenvalue weighted by Gasteiger charge is -2.37. The van der Waals surface area contributed by atoms with Gasteiger partial charge in [-0.05, 0) is 54.9 Å². The maximum Gasteiger partial charge on any atom is 0.407 e. The maximum absolute atomic E-state index is 12.7. The molecule has 0 atom stereocenters. The van der Waals surface area contributed by atoms with Gasteiger partial charge in [-0.15, -0.1) is 0 Å². The lowest BCUT2D eigenvalue weighted by Crippen LogP contribution is -2.50. The highest BCUT2D eigenvalue weighted by molar-refractivity contribution is 5.81. The summed E-state index contributed by atoms with van der Waals surface area (Å²) in [7, 11) is 0. The van der Waals surface area contributed by atoms with Crippen LogP contribution in [0.15, 0.2) is 48.5 Å². The van der Waals surface area contributed by atoms with E-state index in [4.69, 9.17) is 9.84 Å². The Morgan fingerprint density at radius 2 is 1.62 bits per heavy atom. The highest BCUT2D eigenvalue weighted by Crippen LogP contribution is 2.44. The molecule has 0 bridgehead atoms. The summed E-state index contributed by atoms with van der Waals surface area (Å²) < 4.78 is 5.60. The molecule has 0 unspecified atom stereocenters. The van der Waals surface area contributed by atoms with Crippen molar-refractivity contribution in [2.75, 3.05) is 19.7 Å². The standard InChI is InChI=1S/C27H32N2O5/c1-2-29(14-8-7-13-25(30)31)26(32)18-15-19(16-18)28-27(33)34-17-24-22-11-5-3-9-20(22)21-10-4-6-12-23(21)24/h3-6,9-12,18-19,24H,2,7-8,13-17H2,1H3,(H,28,33)(H,30,31). The molecule has 34 heavy (non-hydrogen) atoms. The number of unbranched alkanes of at least 4 members (excludes halogenated alkanes) is 1. The minimum Gasteiger partial charge on any atom is -0.481 e. The van der Waals surface area contributed by atoms with Gasteiger partial charge in [-0.25, -0.2) is 4.79 Å². The van der Waals surface area contributed by atoms with E-state index in [1.807, 2.05) is 31.2 Å². The molecule has 2 aliphatic carbocycles. The number of nitrogens with one attached hydrogen (secondary N) is 1. The van der Waals surface area contributed by atoms with Gasteiger partial charge in [0.15, 0.2) is 0 Å².